The summed E-state index contributed by atoms with van der Waals surface area (Å²) in [5.74, 6) is 0.285. The van der Waals surface area contributed by atoms with E-state index in [-0.39, 0.29) is 11.9 Å². The minimum Gasteiger partial charge on any atom is -0.495 e. The van der Waals surface area contributed by atoms with E-state index in [9.17, 15) is 9.90 Å². The molecule has 0 saturated heterocycles. The second kappa shape index (κ2) is 6.61. The largest absolute Gasteiger partial charge is 0.495 e. The van der Waals surface area contributed by atoms with Gasteiger partial charge in [-0.25, -0.2) is 0 Å². The summed E-state index contributed by atoms with van der Waals surface area (Å²) in [5, 5.41) is 12.9. The molecule has 0 heterocycles. The first-order chi connectivity index (χ1) is 9.61. The van der Waals surface area contributed by atoms with Crippen LogP contribution in [0.25, 0.3) is 0 Å². The van der Waals surface area contributed by atoms with Gasteiger partial charge in [0.15, 0.2) is 0 Å². The SMILES string of the molecule is COc1cc(C(=O)NC2CCCCCC2O)ccc1N. The van der Waals surface area contributed by atoms with Crippen LogP contribution < -0.4 is 15.8 Å². The number of aliphatic hydroxyl groups excluding tert-OH is 1. The molecule has 5 nitrogen and oxygen atoms in total. The van der Waals surface area contributed by atoms with Crippen molar-refractivity contribution in [1.82, 2.24) is 5.32 Å². The molecule has 0 spiro atoms. The Balaban J connectivity index is 2.07. The zero-order valence-corrected chi connectivity index (χ0v) is 11.8. The van der Waals surface area contributed by atoms with Crippen LogP contribution in [0.5, 0.6) is 5.75 Å². The Morgan fingerprint density at radius 3 is 2.85 bits per heavy atom. The van der Waals surface area contributed by atoms with Crippen molar-refractivity contribution in [2.24, 2.45) is 0 Å². The molecule has 1 saturated carbocycles. The van der Waals surface area contributed by atoms with E-state index in [1.54, 1.807) is 18.2 Å². The van der Waals surface area contributed by atoms with Gasteiger partial charge in [0.2, 0.25) is 0 Å². The topological polar surface area (TPSA) is 84.6 Å². The lowest BCUT2D eigenvalue weighted by Gasteiger charge is -2.22. The second-order valence-corrected chi connectivity index (χ2v) is 5.24. The highest BCUT2D eigenvalue weighted by Crippen LogP contribution is 2.23. The summed E-state index contributed by atoms with van der Waals surface area (Å²) in [6.45, 7) is 0. The summed E-state index contributed by atoms with van der Waals surface area (Å²) in [4.78, 5) is 12.2. The smallest absolute Gasteiger partial charge is 0.251 e. The van der Waals surface area contributed by atoms with Gasteiger partial charge in [-0.3, -0.25) is 4.79 Å². The number of nitrogen functional groups attached to an aromatic ring is 1. The maximum Gasteiger partial charge on any atom is 0.251 e. The number of benzene rings is 1. The van der Waals surface area contributed by atoms with Crippen molar-refractivity contribution in [2.45, 2.75) is 44.2 Å². The standard InChI is InChI=1S/C15H22N2O3/c1-20-14-9-10(7-8-11(14)16)15(19)17-12-5-3-2-4-6-13(12)18/h7-9,12-13,18H,2-6,16H2,1H3,(H,17,19). The van der Waals surface area contributed by atoms with Crippen LogP contribution >= 0.6 is 0 Å². The Morgan fingerprint density at radius 1 is 1.35 bits per heavy atom. The fraction of sp³-hybridized carbons (Fsp3) is 0.533. The fourth-order valence-corrected chi connectivity index (χ4v) is 2.56. The second-order valence-electron chi connectivity index (χ2n) is 5.24. The highest BCUT2D eigenvalue weighted by Gasteiger charge is 2.23. The van der Waals surface area contributed by atoms with Gasteiger partial charge in [-0.1, -0.05) is 19.3 Å². The van der Waals surface area contributed by atoms with Crippen LogP contribution in [0.3, 0.4) is 0 Å². The van der Waals surface area contributed by atoms with E-state index in [4.69, 9.17) is 10.5 Å². The summed E-state index contributed by atoms with van der Waals surface area (Å²) < 4.78 is 5.11. The number of aliphatic hydroxyl groups is 1. The van der Waals surface area contributed by atoms with Crippen LogP contribution in [-0.2, 0) is 0 Å². The monoisotopic (exact) mass is 278 g/mol. The summed E-state index contributed by atoms with van der Waals surface area (Å²) in [5.41, 5.74) is 6.72. The highest BCUT2D eigenvalue weighted by molar-refractivity contribution is 5.95. The fourth-order valence-electron chi connectivity index (χ4n) is 2.56. The molecule has 2 atom stereocenters. The quantitative estimate of drug-likeness (QED) is 0.580. The Bertz CT molecular complexity index is 476. The normalized spacial score (nSPS) is 22.9. The van der Waals surface area contributed by atoms with E-state index >= 15 is 0 Å². The molecule has 1 aliphatic carbocycles. The van der Waals surface area contributed by atoms with Crippen LogP contribution in [-0.4, -0.2) is 30.3 Å². The lowest BCUT2D eigenvalue weighted by atomic mass is 10.1. The first-order valence-corrected chi connectivity index (χ1v) is 7.04. The van der Waals surface area contributed by atoms with E-state index in [1.165, 1.54) is 7.11 Å². The Labute approximate surface area is 119 Å². The molecule has 2 rings (SSSR count). The molecule has 0 aromatic heterocycles. The van der Waals surface area contributed by atoms with Gasteiger partial charge in [0.05, 0.1) is 24.9 Å². The lowest BCUT2D eigenvalue weighted by molar-refractivity contribution is 0.0818. The number of methoxy groups -OCH3 is 1. The molecule has 2 unspecified atom stereocenters. The number of carbonyl (C=O) groups is 1. The zero-order chi connectivity index (χ0) is 14.5. The molecule has 1 amide bonds. The molecule has 20 heavy (non-hydrogen) atoms. The van der Waals surface area contributed by atoms with Crippen molar-refractivity contribution >= 4 is 11.6 Å². The van der Waals surface area contributed by atoms with Gasteiger partial charge >= 0.3 is 0 Å². The third-order valence-electron chi connectivity index (χ3n) is 3.79. The molecule has 0 aliphatic heterocycles. The lowest BCUT2D eigenvalue weighted by Crippen LogP contribution is -2.42. The van der Waals surface area contributed by atoms with Crippen LogP contribution in [0, 0.1) is 0 Å². The summed E-state index contributed by atoms with van der Waals surface area (Å²) in [6.07, 6.45) is 4.27. The number of nitrogens with one attached hydrogen (secondary N) is 1. The van der Waals surface area contributed by atoms with Gasteiger partial charge in [0.25, 0.3) is 5.91 Å². The number of carbonyl (C=O) groups excluding carboxylic acids is 1. The number of amides is 1. The van der Waals surface area contributed by atoms with E-state index in [0.29, 0.717) is 17.0 Å². The van der Waals surface area contributed by atoms with Gasteiger partial charge in [0, 0.05) is 5.56 Å². The highest BCUT2D eigenvalue weighted by atomic mass is 16.5. The predicted octanol–water partition coefficient (Wildman–Crippen LogP) is 1.70. The van der Waals surface area contributed by atoms with Gasteiger partial charge in [0.1, 0.15) is 5.75 Å². The number of anilines is 1. The molecular weight excluding hydrogens is 256 g/mol. The summed E-state index contributed by atoms with van der Waals surface area (Å²) >= 11 is 0. The minimum atomic E-state index is -0.461. The molecule has 4 N–H and O–H groups in total. The molecule has 110 valence electrons. The van der Waals surface area contributed by atoms with Gasteiger partial charge in [-0.15, -0.1) is 0 Å². The maximum absolute atomic E-state index is 12.2. The summed E-state index contributed by atoms with van der Waals surface area (Å²) in [7, 11) is 1.52. The predicted molar refractivity (Wildman–Crippen MR) is 77.8 cm³/mol. The molecule has 0 radical (unpaired) electrons. The van der Waals surface area contributed by atoms with Crippen molar-refractivity contribution in [3.8, 4) is 5.75 Å². The van der Waals surface area contributed by atoms with Crippen molar-refractivity contribution < 1.29 is 14.6 Å². The van der Waals surface area contributed by atoms with E-state index in [0.717, 1.165) is 32.1 Å². The minimum absolute atomic E-state index is 0.173. The van der Waals surface area contributed by atoms with Crippen LogP contribution in [0.15, 0.2) is 18.2 Å². The Morgan fingerprint density at radius 2 is 2.10 bits per heavy atom. The number of nitrogens with two attached hydrogens (primary N) is 1. The molecule has 0 bridgehead atoms. The molecule has 1 aromatic carbocycles. The van der Waals surface area contributed by atoms with Crippen molar-refractivity contribution in [2.75, 3.05) is 12.8 Å². The van der Waals surface area contributed by atoms with Gasteiger partial charge in [-0.2, -0.15) is 0 Å². The van der Waals surface area contributed by atoms with Gasteiger partial charge in [-0.05, 0) is 31.0 Å². The Kier molecular flexibility index (Phi) is 4.84. The molecule has 1 fully saturated rings. The third kappa shape index (κ3) is 3.42. The van der Waals surface area contributed by atoms with Crippen molar-refractivity contribution in [1.29, 1.82) is 0 Å². The maximum atomic E-state index is 12.2. The first-order valence-electron chi connectivity index (χ1n) is 7.04. The van der Waals surface area contributed by atoms with E-state index < -0.39 is 6.10 Å². The number of rotatable bonds is 3. The van der Waals surface area contributed by atoms with E-state index in [2.05, 4.69) is 5.32 Å². The van der Waals surface area contributed by atoms with E-state index in [1.807, 2.05) is 0 Å². The molecule has 1 aliphatic rings. The average Bonchev–Trinajstić information content (AvgIpc) is 2.64. The number of hydrogen-bond acceptors (Lipinski definition) is 4. The van der Waals surface area contributed by atoms with Crippen LogP contribution in [0.2, 0.25) is 0 Å². The van der Waals surface area contributed by atoms with Crippen LogP contribution in [0.1, 0.15) is 42.5 Å². The molecule has 1 aromatic rings. The number of ether oxygens (including phenoxy) is 1. The van der Waals surface area contributed by atoms with Gasteiger partial charge < -0.3 is 20.9 Å². The summed E-state index contributed by atoms with van der Waals surface area (Å²) in [6, 6.07) is 4.76. The van der Waals surface area contributed by atoms with Crippen LogP contribution in [0.4, 0.5) is 5.69 Å². The molecular formula is C15H22N2O3. The third-order valence-corrected chi connectivity index (χ3v) is 3.79. The number of hydrogen-bond donors (Lipinski definition) is 3. The van der Waals surface area contributed by atoms with Crippen molar-refractivity contribution in [3.05, 3.63) is 23.8 Å². The average molecular weight is 278 g/mol. The zero-order valence-electron chi connectivity index (χ0n) is 11.8. The molecule has 5 heteroatoms. The first kappa shape index (κ1) is 14.7. The van der Waals surface area contributed by atoms with Crippen molar-refractivity contribution in [3.63, 3.8) is 0 Å². The Hall–Kier alpha value is -1.75.